The summed E-state index contributed by atoms with van der Waals surface area (Å²) in [6.45, 7) is 0. The molecule has 0 spiro atoms. The lowest BCUT2D eigenvalue weighted by molar-refractivity contribution is 0.0601. The largest absolute Gasteiger partial charge is 0.465 e. The summed E-state index contributed by atoms with van der Waals surface area (Å²) in [5.41, 5.74) is 1.56. The van der Waals surface area contributed by atoms with Crippen molar-refractivity contribution in [3.63, 3.8) is 0 Å². The molecule has 0 aliphatic heterocycles. The van der Waals surface area contributed by atoms with E-state index in [4.69, 9.17) is 11.6 Å². The summed E-state index contributed by atoms with van der Waals surface area (Å²) < 4.78 is 4.59. The molecule has 15 heavy (non-hydrogen) atoms. The van der Waals surface area contributed by atoms with Crippen molar-refractivity contribution < 1.29 is 9.53 Å². The van der Waals surface area contributed by atoms with E-state index in [1.54, 1.807) is 24.5 Å². The number of hydrogen-bond donors (Lipinski definition) is 0. The fourth-order valence-electron chi connectivity index (χ4n) is 1.25. The number of aromatic nitrogens is 2. The molecule has 0 N–H and O–H groups in total. The van der Waals surface area contributed by atoms with Gasteiger partial charge in [0.05, 0.1) is 28.7 Å². The lowest BCUT2D eigenvalue weighted by Crippen LogP contribution is -2.02. The zero-order chi connectivity index (χ0) is 10.8. The van der Waals surface area contributed by atoms with Crippen LogP contribution in [0.2, 0.25) is 5.02 Å². The molecule has 0 atom stereocenters. The van der Waals surface area contributed by atoms with E-state index in [9.17, 15) is 4.79 Å². The zero-order valence-corrected chi connectivity index (χ0v) is 8.65. The number of ether oxygens (including phenoxy) is 1. The summed E-state index contributed by atoms with van der Waals surface area (Å²) in [4.78, 5) is 19.5. The number of fused-ring (bicyclic) bond motifs is 1. The van der Waals surface area contributed by atoms with Gasteiger partial charge >= 0.3 is 5.97 Å². The summed E-state index contributed by atoms with van der Waals surface area (Å²) in [5, 5.41) is 0.315. The normalized spacial score (nSPS) is 10.3. The molecule has 0 amide bonds. The molecular formula is C10H7ClN2O2. The van der Waals surface area contributed by atoms with Gasteiger partial charge in [0.1, 0.15) is 0 Å². The average molecular weight is 223 g/mol. The molecule has 1 heterocycles. The van der Waals surface area contributed by atoms with E-state index in [1.807, 2.05) is 0 Å². The van der Waals surface area contributed by atoms with Gasteiger partial charge in [-0.3, -0.25) is 9.97 Å². The van der Waals surface area contributed by atoms with Crippen LogP contribution in [-0.4, -0.2) is 23.0 Å². The SMILES string of the molecule is COC(=O)c1cc2nccnc2cc1Cl. The molecule has 1 aromatic heterocycles. The smallest absolute Gasteiger partial charge is 0.339 e. The van der Waals surface area contributed by atoms with Crippen LogP contribution in [0.5, 0.6) is 0 Å². The molecule has 1 aromatic carbocycles. The van der Waals surface area contributed by atoms with E-state index >= 15 is 0 Å². The van der Waals surface area contributed by atoms with Crippen LogP contribution < -0.4 is 0 Å². The summed E-state index contributed by atoms with van der Waals surface area (Å²) >= 11 is 5.91. The van der Waals surface area contributed by atoms with Crippen molar-refractivity contribution in [3.05, 3.63) is 35.1 Å². The zero-order valence-electron chi connectivity index (χ0n) is 7.90. The lowest BCUT2D eigenvalue weighted by atomic mass is 10.2. The van der Waals surface area contributed by atoms with E-state index in [0.29, 0.717) is 21.6 Å². The van der Waals surface area contributed by atoms with Gasteiger partial charge in [0.15, 0.2) is 0 Å². The molecule has 5 heteroatoms. The minimum Gasteiger partial charge on any atom is -0.465 e. The molecule has 0 aliphatic carbocycles. The fraction of sp³-hybridized carbons (Fsp3) is 0.100. The molecule has 0 bridgehead atoms. The Kier molecular flexibility index (Phi) is 2.51. The van der Waals surface area contributed by atoms with Crippen molar-refractivity contribution in [2.75, 3.05) is 7.11 Å². The number of carbonyl (C=O) groups is 1. The Labute approximate surface area is 90.9 Å². The standard InChI is InChI=1S/C10H7ClN2O2/c1-15-10(14)6-4-8-9(5-7(6)11)13-3-2-12-8/h2-5H,1H3. The van der Waals surface area contributed by atoms with Crippen LogP contribution in [0.1, 0.15) is 10.4 Å². The van der Waals surface area contributed by atoms with E-state index in [-0.39, 0.29) is 0 Å². The van der Waals surface area contributed by atoms with Crippen LogP contribution in [0.15, 0.2) is 24.5 Å². The van der Waals surface area contributed by atoms with E-state index in [0.717, 1.165) is 0 Å². The third kappa shape index (κ3) is 1.76. The Hall–Kier alpha value is -1.68. The first-order valence-electron chi connectivity index (χ1n) is 4.21. The van der Waals surface area contributed by atoms with E-state index in [1.165, 1.54) is 7.11 Å². The number of methoxy groups -OCH3 is 1. The van der Waals surface area contributed by atoms with Gasteiger partial charge in [0.2, 0.25) is 0 Å². The maximum absolute atomic E-state index is 11.3. The third-order valence-corrected chi connectivity index (χ3v) is 2.28. The van der Waals surface area contributed by atoms with E-state index < -0.39 is 5.97 Å². The molecule has 0 saturated heterocycles. The molecule has 0 unspecified atom stereocenters. The molecule has 0 fully saturated rings. The lowest BCUT2D eigenvalue weighted by Gasteiger charge is -2.03. The number of rotatable bonds is 1. The number of hydrogen-bond acceptors (Lipinski definition) is 4. The minimum absolute atomic E-state index is 0.298. The maximum atomic E-state index is 11.3. The van der Waals surface area contributed by atoms with Crippen molar-refractivity contribution in [1.82, 2.24) is 9.97 Å². The highest BCUT2D eigenvalue weighted by Gasteiger charge is 2.12. The number of carbonyl (C=O) groups excluding carboxylic acids is 1. The first-order chi connectivity index (χ1) is 7.22. The summed E-state index contributed by atoms with van der Waals surface area (Å²) in [6.07, 6.45) is 3.12. The number of benzene rings is 1. The highest BCUT2D eigenvalue weighted by Crippen LogP contribution is 2.21. The van der Waals surface area contributed by atoms with Crippen LogP contribution >= 0.6 is 11.6 Å². The number of nitrogens with zero attached hydrogens (tertiary/aromatic N) is 2. The van der Waals surface area contributed by atoms with Crippen molar-refractivity contribution in [3.8, 4) is 0 Å². The Morgan fingerprint density at radius 2 is 1.87 bits per heavy atom. The molecule has 2 rings (SSSR count). The molecule has 0 saturated carbocycles. The second-order valence-electron chi connectivity index (χ2n) is 2.87. The molecule has 2 aromatic rings. The predicted octanol–water partition coefficient (Wildman–Crippen LogP) is 2.07. The highest BCUT2D eigenvalue weighted by molar-refractivity contribution is 6.34. The Bertz CT molecular complexity index is 528. The topological polar surface area (TPSA) is 52.1 Å². The third-order valence-electron chi connectivity index (χ3n) is 1.96. The van der Waals surface area contributed by atoms with Gasteiger partial charge in [-0.25, -0.2) is 4.79 Å². The molecule has 0 aliphatic rings. The second kappa shape index (κ2) is 3.82. The Morgan fingerprint density at radius 3 is 2.47 bits per heavy atom. The van der Waals surface area contributed by atoms with Crippen LogP contribution in [-0.2, 0) is 4.74 Å². The summed E-state index contributed by atoms with van der Waals surface area (Å²) in [7, 11) is 1.31. The quantitative estimate of drug-likeness (QED) is 0.693. The molecular weight excluding hydrogens is 216 g/mol. The van der Waals surface area contributed by atoms with Gasteiger partial charge in [0, 0.05) is 12.4 Å². The van der Waals surface area contributed by atoms with Crippen molar-refractivity contribution >= 4 is 28.6 Å². The number of esters is 1. The van der Waals surface area contributed by atoms with Crippen molar-refractivity contribution in [1.29, 1.82) is 0 Å². The second-order valence-corrected chi connectivity index (χ2v) is 3.28. The predicted molar refractivity (Wildman–Crippen MR) is 55.9 cm³/mol. The number of halogens is 1. The van der Waals surface area contributed by atoms with Crippen molar-refractivity contribution in [2.24, 2.45) is 0 Å². The van der Waals surface area contributed by atoms with Gasteiger partial charge < -0.3 is 4.74 Å². The van der Waals surface area contributed by atoms with Crippen LogP contribution in [0.25, 0.3) is 11.0 Å². The molecule has 0 radical (unpaired) electrons. The summed E-state index contributed by atoms with van der Waals surface area (Å²) in [5.74, 6) is -0.479. The maximum Gasteiger partial charge on any atom is 0.339 e. The molecule has 4 nitrogen and oxygen atoms in total. The van der Waals surface area contributed by atoms with Gasteiger partial charge in [-0.2, -0.15) is 0 Å². The van der Waals surface area contributed by atoms with E-state index in [2.05, 4.69) is 14.7 Å². The van der Waals surface area contributed by atoms with Gasteiger partial charge in [-0.15, -0.1) is 0 Å². The van der Waals surface area contributed by atoms with Crippen LogP contribution in [0, 0.1) is 0 Å². The van der Waals surface area contributed by atoms with Crippen LogP contribution in [0.4, 0.5) is 0 Å². The summed E-state index contributed by atoms with van der Waals surface area (Å²) in [6, 6.07) is 3.16. The highest BCUT2D eigenvalue weighted by atomic mass is 35.5. The van der Waals surface area contributed by atoms with Gasteiger partial charge in [0.25, 0.3) is 0 Å². The monoisotopic (exact) mass is 222 g/mol. The van der Waals surface area contributed by atoms with Crippen molar-refractivity contribution in [2.45, 2.75) is 0 Å². The minimum atomic E-state index is -0.479. The average Bonchev–Trinajstić information content (AvgIpc) is 2.27. The van der Waals surface area contributed by atoms with Gasteiger partial charge in [-0.1, -0.05) is 11.6 Å². The first kappa shape index (κ1) is 9.86. The Morgan fingerprint density at radius 1 is 1.27 bits per heavy atom. The Balaban J connectivity index is 2.67. The molecule has 76 valence electrons. The van der Waals surface area contributed by atoms with Gasteiger partial charge in [-0.05, 0) is 12.1 Å². The van der Waals surface area contributed by atoms with Crippen LogP contribution in [0.3, 0.4) is 0 Å². The fourth-order valence-corrected chi connectivity index (χ4v) is 1.49. The first-order valence-corrected chi connectivity index (χ1v) is 4.59.